The van der Waals surface area contributed by atoms with E-state index >= 15 is 0 Å². The molecule has 1 aliphatic heterocycles. The fraction of sp³-hybridized carbons (Fsp3) is 0.160. The second-order valence-corrected chi connectivity index (χ2v) is 7.52. The Bertz CT molecular complexity index is 1280. The summed E-state index contributed by atoms with van der Waals surface area (Å²) in [5, 5.41) is 11.0. The summed E-state index contributed by atoms with van der Waals surface area (Å²) in [6.07, 6.45) is 4.10. The predicted molar refractivity (Wildman–Crippen MR) is 121 cm³/mol. The highest BCUT2D eigenvalue weighted by atomic mass is 16.5. The number of carbonyl (C=O) groups is 1. The molecular weight excluding hydrogens is 404 g/mol. The zero-order chi connectivity index (χ0) is 22.1. The van der Waals surface area contributed by atoms with E-state index in [1.807, 2.05) is 77.6 Å². The van der Waals surface area contributed by atoms with Crippen LogP contribution in [0.25, 0.3) is 16.9 Å². The fourth-order valence-corrected chi connectivity index (χ4v) is 4.03. The first-order valence-corrected chi connectivity index (χ1v) is 10.3. The second-order valence-electron chi connectivity index (χ2n) is 7.52. The van der Waals surface area contributed by atoms with Crippen LogP contribution in [-0.4, -0.2) is 33.5 Å². The largest absolute Gasteiger partial charge is 0.496 e. The molecule has 0 fully saturated rings. The number of hydrazone groups is 1. The van der Waals surface area contributed by atoms with E-state index in [2.05, 4.69) is 5.10 Å². The molecule has 0 radical (unpaired) electrons. The minimum Gasteiger partial charge on any atom is -0.496 e. The van der Waals surface area contributed by atoms with Crippen LogP contribution in [0.2, 0.25) is 0 Å². The van der Waals surface area contributed by atoms with Crippen molar-refractivity contribution in [3.05, 3.63) is 90.5 Å². The van der Waals surface area contributed by atoms with Crippen LogP contribution >= 0.6 is 0 Å². The first-order chi connectivity index (χ1) is 15.7. The zero-order valence-electron chi connectivity index (χ0n) is 17.8. The van der Waals surface area contributed by atoms with E-state index in [0.717, 1.165) is 28.2 Å². The Kier molecular flexibility index (Phi) is 5.07. The van der Waals surface area contributed by atoms with Gasteiger partial charge in [-0.3, -0.25) is 4.79 Å². The molecule has 7 nitrogen and oxygen atoms in total. The molecule has 32 heavy (non-hydrogen) atoms. The number of carbonyl (C=O) groups excluding carboxylic acids is 1. The molecular formula is C25H22N4O3. The third-order valence-corrected chi connectivity index (χ3v) is 5.52. The van der Waals surface area contributed by atoms with Crippen molar-refractivity contribution in [3.63, 3.8) is 0 Å². The number of aromatic nitrogens is 2. The lowest BCUT2D eigenvalue weighted by atomic mass is 9.97. The van der Waals surface area contributed by atoms with Gasteiger partial charge in [0.05, 0.1) is 25.1 Å². The second kappa shape index (κ2) is 8.19. The highest BCUT2D eigenvalue weighted by Crippen LogP contribution is 2.40. The summed E-state index contributed by atoms with van der Waals surface area (Å²) in [7, 11) is 1.64. The summed E-state index contributed by atoms with van der Waals surface area (Å²) in [4.78, 5) is 12.5. The van der Waals surface area contributed by atoms with Gasteiger partial charge in [0.2, 0.25) is 5.91 Å². The van der Waals surface area contributed by atoms with Gasteiger partial charge in [-0.2, -0.15) is 10.2 Å². The molecule has 1 aliphatic rings. The van der Waals surface area contributed by atoms with Gasteiger partial charge in [0, 0.05) is 30.7 Å². The van der Waals surface area contributed by atoms with E-state index in [-0.39, 0.29) is 11.9 Å². The van der Waals surface area contributed by atoms with Gasteiger partial charge >= 0.3 is 0 Å². The number of furan rings is 1. The van der Waals surface area contributed by atoms with Crippen molar-refractivity contribution in [2.45, 2.75) is 19.4 Å². The van der Waals surface area contributed by atoms with Crippen molar-refractivity contribution in [1.29, 1.82) is 0 Å². The van der Waals surface area contributed by atoms with Crippen LogP contribution < -0.4 is 4.74 Å². The Morgan fingerprint density at radius 3 is 2.56 bits per heavy atom. The third kappa shape index (κ3) is 3.47. The molecule has 7 heteroatoms. The number of methoxy groups -OCH3 is 1. The van der Waals surface area contributed by atoms with Crippen LogP contribution in [0.1, 0.15) is 30.7 Å². The highest BCUT2D eigenvalue weighted by molar-refractivity contribution is 6.01. The predicted octanol–water partition coefficient (Wildman–Crippen LogP) is 4.84. The number of amides is 1. The number of hydrogen-bond acceptors (Lipinski definition) is 5. The van der Waals surface area contributed by atoms with E-state index in [1.165, 1.54) is 11.9 Å². The number of nitrogens with zero attached hydrogens (tertiary/aromatic N) is 4. The van der Waals surface area contributed by atoms with E-state index in [9.17, 15) is 4.79 Å². The number of para-hydroxylation sites is 2. The van der Waals surface area contributed by atoms with Crippen molar-refractivity contribution in [3.8, 4) is 22.7 Å². The summed E-state index contributed by atoms with van der Waals surface area (Å²) >= 11 is 0. The van der Waals surface area contributed by atoms with Gasteiger partial charge in [-0.05, 0) is 36.4 Å². The maximum absolute atomic E-state index is 12.5. The molecule has 0 saturated carbocycles. The van der Waals surface area contributed by atoms with Crippen LogP contribution in [0.3, 0.4) is 0 Å². The van der Waals surface area contributed by atoms with Crippen molar-refractivity contribution >= 4 is 11.6 Å². The van der Waals surface area contributed by atoms with Crippen LogP contribution in [0, 0.1) is 0 Å². The molecule has 3 heterocycles. The first kappa shape index (κ1) is 19.8. The molecule has 0 unspecified atom stereocenters. The normalized spacial score (nSPS) is 15.6. The quantitative estimate of drug-likeness (QED) is 0.458. The molecule has 4 aromatic rings. The van der Waals surface area contributed by atoms with E-state index in [0.29, 0.717) is 17.9 Å². The van der Waals surface area contributed by atoms with Gasteiger partial charge in [0.15, 0.2) is 0 Å². The Labute approximate surface area is 185 Å². The third-order valence-electron chi connectivity index (χ3n) is 5.52. The lowest BCUT2D eigenvalue weighted by Gasteiger charge is -2.20. The van der Waals surface area contributed by atoms with Crippen LogP contribution in [0.15, 0.2) is 88.7 Å². The number of benzene rings is 2. The maximum atomic E-state index is 12.5. The number of rotatable bonds is 5. The standard InChI is InChI=1S/C25H22N4O3/c1-17(30)29-22(15-21(26-29)24-13-8-14-32-24)20-16-28(18-9-4-3-5-10-18)27-25(20)19-11-6-7-12-23(19)31-2/h3-14,16,22H,15H2,1-2H3/t22-/m0/s1. The van der Waals surface area contributed by atoms with E-state index in [4.69, 9.17) is 14.3 Å². The average Bonchev–Trinajstić information content (AvgIpc) is 3.58. The monoisotopic (exact) mass is 426 g/mol. The van der Waals surface area contributed by atoms with Crippen molar-refractivity contribution in [2.75, 3.05) is 7.11 Å². The maximum Gasteiger partial charge on any atom is 0.240 e. The van der Waals surface area contributed by atoms with Crippen molar-refractivity contribution in [1.82, 2.24) is 14.8 Å². The molecule has 2 aromatic carbocycles. The molecule has 0 aliphatic carbocycles. The first-order valence-electron chi connectivity index (χ1n) is 10.3. The SMILES string of the molecule is COc1ccccc1-c1nn(-c2ccccc2)cc1[C@@H]1CC(c2ccco2)=NN1C(C)=O. The lowest BCUT2D eigenvalue weighted by molar-refractivity contribution is -0.130. The molecule has 160 valence electrons. The summed E-state index contributed by atoms with van der Waals surface area (Å²) < 4.78 is 13.0. The molecule has 5 rings (SSSR count). The number of hydrogen-bond donors (Lipinski definition) is 0. The molecule has 1 amide bonds. The van der Waals surface area contributed by atoms with Crippen LogP contribution in [0.5, 0.6) is 5.75 Å². The zero-order valence-corrected chi connectivity index (χ0v) is 17.8. The smallest absolute Gasteiger partial charge is 0.240 e. The average molecular weight is 426 g/mol. The van der Waals surface area contributed by atoms with Gasteiger partial charge in [0.1, 0.15) is 22.9 Å². The fourth-order valence-electron chi connectivity index (χ4n) is 4.03. The van der Waals surface area contributed by atoms with Crippen LogP contribution in [-0.2, 0) is 4.79 Å². The summed E-state index contributed by atoms with van der Waals surface area (Å²) in [6.45, 7) is 1.52. The molecule has 0 bridgehead atoms. The summed E-state index contributed by atoms with van der Waals surface area (Å²) in [6, 6.07) is 21.0. The topological polar surface area (TPSA) is 72.9 Å². The molecule has 0 spiro atoms. The van der Waals surface area contributed by atoms with Crippen molar-refractivity contribution < 1.29 is 13.9 Å². The molecule has 0 N–H and O–H groups in total. The van der Waals surface area contributed by atoms with Gasteiger partial charge in [-0.15, -0.1) is 0 Å². The molecule has 1 atom stereocenters. The minimum absolute atomic E-state index is 0.144. The Hall–Kier alpha value is -4.13. The molecule has 2 aromatic heterocycles. The van der Waals surface area contributed by atoms with E-state index in [1.54, 1.807) is 13.4 Å². The lowest BCUT2D eigenvalue weighted by Crippen LogP contribution is -2.24. The van der Waals surface area contributed by atoms with E-state index < -0.39 is 0 Å². The van der Waals surface area contributed by atoms with Gasteiger partial charge in [-0.1, -0.05) is 30.3 Å². The minimum atomic E-state index is -0.315. The van der Waals surface area contributed by atoms with Crippen LogP contribution in [0.4, 0.5) is 0 Å². The summed E-state index contributed by atoms with van der Waals surface area (Å²) in [5.74, 6) is 1.23. The Morgan fingerprint density at radius 1 is 1.06 bits per heavy atom. The summed E-state index contributed by atoms with van der Waals surface area (Å²) in [5.41, 5.74) is 4.15. The Morgan fingerprint density at radius 2 is 1.84 bits per heavy atom. The highest BCUT2D eigenvalue weighted by Gasteiger charge is 2.36. The van der Waals surface area contributed by atoms with Gasteiger partial charge in [-0.25, -0.2) is 9.69 Å². The van der Waals surface area contributed by atoms with Gasteiger partial charge in [0.25, 0.3) is 0 Å². The molecule has 0 saturated heterocycles. The van der Waals surface area contributed by atoms with Gasteiger partial charge < -0.3 is 9.15 Å². The van der Waals surface area contributed by atoms with Crippen molar-refractivity contribution in [2.24, 2.45) is 5.10 Å². The number of ether oxygens (including phenoxy) is 1. The Balaban J connectivity index is 1.66.